The van der Waals surface area contributed by atoms with E-state index in [1.54, 1.807) is 12.4 Å². The zero-order valence-corrected chi connectivity index (χ0v) is 10.2. The Bertz CT molecular complexity index is 553. The lowest BCUT2D eigenvalue weighted by atomic mass is 10.2. The first-order valence-corrected chi connectivity index (χ1v) is 5.59. The fraction of sp³-hybridized carbons (Fsp3) is 0.250. The van der Waals surface area contributed by atoms with E-state index in [0.29, 0.717) is 17.7 Å². The molecule has 1 N–H and O–H groups in total. The minimum Gasteiger partial charge on any atom is -0.290 e. The van der Waals surface area contributed by atoms with E-state index in [1.165, 1.54) is 12.5 Å². The van der Waals surface area contributed by atoms with Gasteiger partial charge in [-0.3, -0.25) is 10.1 Å². The summed E-state index contributed by atoms with van der Waals surface area (Å²) in [4.78, 5) is 28.0. The molecule has 0 saturated carbocycles. The summed E-state index contributed by atoms with van der Waals surface area (Å²) in [7, 11) is 0. The molecule has 0 radical (unpaired) electrons. The van der Waals surface area contributed by atoms with Crippen LogP contribution in [0.4, 0.5) is 5.95 Å². The van der Waals surface area contributed by atoms with E-state index in [9.17, 15) is 4.79 Å². The first kappa shape index (κ1) is 12.1. The van der Waals surface area contributed by atoms with Crippen molar-refractivity contribution < 1.29 is 4.79 Å². The molecule has 0 aliphatic carbocycles. The van der Waals surface area contributed by atoms with E-state index in [0.717, 1.165) is 5.56 Å². The van der Waals surface area contributed by atoms with Crippen molar-refractivity contribution in [1.29, 1.82) is 0 Å². The summed E-state index contributed by atoms with van der Waals surface area (Å²) >= 11 is 0. The number of aromatic nitrogens is 4. The number of amides is 1. The summed E-state index contributed by atoms with van der Waals surface area (Å²) in [6.07, 6.45) is 6.88. The SMILES string of the molecule is CCc1ncncc1C(=O)Nc1ncc(C)cn1. The molecule has 2 aromatic heterocycles. The highest BCUT2D eigenvalue weighted by Crippen LogP contribution is 2.07. The molecule has 2 rings (SSSR count). The number of carbonyl (C=O) groups excluding carboxylic acids is 1. The van der Waals surface area contributed by atoms with E-state index < -0.39 is 0 Å². The van der Waals surface area contributed by atoms with Crippen LogP contribution in [0.25, 0.3) is 0 Å². The Balaban J connectivity index is 2.19. The summed E-state index contributed by atoms with van der Waals surface area (Å²) < 4.78 is 0. The molecule has 2 heterocycles. The van der Waals surface area contributed by atoms with Gasteiger partial charge in [0.2, 0.25) is 5.95 Å². The summed E-state index contributed by atoms with van der Waals surface area (Å²) in [5.41, 5.74) is 2.09. The molecule has 6 nitrogen and oxygen atoms in total. The van der Waals surface area contributed by atoms with Gasteiger partial charge in [-0.2, -0.15) is 0 Å². The van der Waals surface area contributed by atoms with Gasteiger partial charge in [0.1, 0.15) is 6.33 Å². The number of anilines is 1. The van der Waals surface area contributed by atoms with Crippen LogP contribution in [0.5, 0.6) is 0 Å². The smallest absolute Gasteiger partial charge is 0.261 e. The number of aryl methyl sites for hydroxylation is 2. The molecule has 0 atom stereocenters. The molecular weight excluding hydrogens is 230 g/mol. The molecule has 2 aromatic rings. The fourth-order valence-electron chi connectivity index (χ4n) is 1.45. The van der Waals surface area contributed by atoms with Gasteiger partial charge in [0.25, 0.3) is 5.91 Å². The maximum absolute atomic E-state index is 12.0. The lowest BCUT2D eigenvalue weighted by molar-refractivity contribution is 0.102. The van der Waals surface area contributed by atoms with E-state index in [1.807, 2.05) is 13.8 Å². The monoisotopic (exact) mass is 243 g/mol. The quantitative estimate of drug-likeness (QED) is 0.881. The molecule has 6 heteroatoms. The molecule has 18 heavy (non-hydrogen) atoms. The van der Waals surface area contributed by atoms with Crippen LogP contribution in [0.15, 0.2) is 24.9 Å². The summed E-state index contributed by atoms with van der Waals surface area (Å²) in [6, 6.07) is 0. The number of nitrogens with zero attached hydrogens (tertiary/aromatic N) is 4. The van der Waals surface area contributed by atoms with Gasteiger partial charge in [-0.25, -0.2) is 19.9 Å². The van der Waals surface area contributed by atoms with Crippen LogP contribution in [0, 0.1) is 6.92 Å². The average molecular weight is 243 g/mol. The highest BCUT2D eigenvalue weighted by molar-refractivity contribution is 6.03. The molecule has 0 aliphatic heterocycles. The lowest BCUT2D eigenvalue weighted by Crippen LogP contribution is -2.17. The van der Waals surface area contributed by atoms with Crippen molar-refractivity contribution in [3.8, 4) is 0 Å². The Kier molecular flexibility index (Phi) is 3.57. The Morgan fingerprint density at radius 1 is 1.22 bits per heavy atom. The molecule has 1 amide bonds. The van der Waals surface area contributed by atoms with Crippen LogP contribution in [0.1, 0.15) is 28.5 Å². The summed E-state index contributed by atoms with van der Waals surface area (Å²) in [6.45, 7) is 3.81. The second-order valence-corrected chi connectivity index (χ2v) is 3.77. The first-order valence-electron chi connectivity index (χ1n) is 5.59. The molecule has 0 fully saturated rings. The summed E-state index contributed by atoms with van der Waals surface area (Å²) in [5.74, 6) is -0.0205. The van der Waals surface area contributed by atoms with Crippen LogP contribution >= 0.6 is 0 Å². The highest BCUT2D eigenvalue weighted by atomic mass is 16.1. The van der Waals surface area contributed by atoms with Gasteiger partial charge in [0.05, 0.1) is 11.3 Å². The molecular formula is C12H13N5O. The third-order valence-electron chi connectivity index (χ3n) is 2.38. The molecule has 0 saturated heterocycles. The first-order chi connectivity index (χ1) is 8.70. The lowest BCUT2D eigenvalue weighted by Gasteiger charge is -2.06. The van der Waals surface area contributed by atoms with Gasteiger partial charge in [0, 0.05) is 18.6 Å². The fourth-order valence-corrected chi connectivity index (χ4v) is 1.45. The van der Waals surface area contributed by atoms with Gasteiger partial charge in [-0.15, -0.1) is 0 Å². The molecule has 92 valence electrons. The van der Waals surface area contributed by atoms with E-state index >= 15 is 0 Å². The second kappa shape index (κ2) is 5.31. The third kappa shape index (κ3) is 2.65. The molecule has 0 spiro atoms. The third-order valence-corrected chi connectivity index (χ3v) is 2.38. The Morgan fingerprint density at radius 2 is 1.94 bits per heavy atom. The van der Waals surface area contributed by atoms with Crippen molar-refractivity contribution in [1.82, 2.24) is 19.9 Å². The Morgan fingerprint density at radius 3 is 2.61 bits per heavy atom. The molecule has 0 aliphatic rings. The van der Waals surface area contributed by atoms with Crippen LogP contribution < -0.4 is 5.32 Å². The number of rotatable bonds is 3. The van der Waals surface area contributed by atoms with Gasteiger partial charge in [0.15, 0.2) is 0 Å². The number of hydrogen-bond acceptors (Lipinski definition) is 5. The van der Waals surface area contributed by atoms with E-state index in [2.05, 4.69) is 25.3 Å². The minimum atomic E-state index is -0.295. The van der Waals surface area contributed by atoms with Crippen LogP contribution in [0.2, 0.25) is 0 Å². The van der Waals surface area contributed by atoms with Crippen molar-refractivity contribution in [3.63, 3.8) is 0 Å². The molecule has 0 unspecified atom stereocenters. The number of hydrogen-bond donors (Lipinski definition) is 1. The number of carbonyl (C=O) groups is 1. The van der Waals surface area contributed by atoms with Crippen LogP contribution in [-0.4, -0.2) is 25.8 Å². The second-order valence-electron chi connectivity index (χ2n) is 3.77. The van der Waals surface area contributed by atoms with Gasteiger partial charge >= 0.3 is 0 Å². The Hall–Kier alpha value is -2.37. The predicted molar refractivity (Wildman–Crippen MR) is 66.1 cm³/mol. The minimum absolute atomic E-state index is 0.275. The van der Waals surface area contributed by atoms with Crippen molar-refractivity contribution in [3.05, 3.63) is 41.7 Å². The van der Waals surface area contributed by atoms with Gasteiger partial charge < -0.3 is 0 Å². The predicted octanol–water partition coefficient (Wildman–Crippen LogP) is 1.39. The topological polar surface area (TPSA) is 80.7 Å². The van der Waals surface area contributed by atoms with Crippen molar-refractivity contribution in [2.45, 2.75) is 20.3 Å². The van der Waals surface area contributed by atoms with Crippen molar-refractivity contribution >= 4 is 11.9 Å². The standard InChI is InChI=1S/C12H13N5O/c1-3-10-9(6-13-7-16-10)11(18)17-12-14-4-8(2)5-15-12/h4-7H,3H2,1-2H3,(H,14,15,17,18). The normalized spacial score (nSPS) is 10.1. The highest BCUT2D eigenvalue weighted by Gasteiger charge is 2.12. The van der Waals surface area contributed by atoms with E-state index in [-0.39, 0.29) is 11.9 Å². The Labute approximate surface area is 105 Å². The van der Waals surface area contributed by atoms with Crippen molar-refractivity contribution in [2.75, 3.05) is 5.32 Å². The maximum Gasteiger partial charge on any atom is 0.261 e. The van der Waals surface area contributed by atoms with Gasteiger partial charge in [-0.1, -0.05) is 6.92 Å². The van der Waals surface area contributed by atoms with E-state index in [4.69, 9.17) is 0 Å². The van der Waals surface area contributed by atoms with Crippen molar-refractivity contribution in [2.24, 2.45) is 0 Å². The molecule has 0 bridgehead atoms. The largest absolute Gasteiger partial charge is 0.290 e. The summed E-state index contributed by atoms with van der Waals surface area (Å²) in [5, 5.41) is 2.62. The average Bonchev–Trinajstić information content (AvgIpc) is 2.41. The van der Waals surface area contributed by atoms with Crippen LogP contribution in [0.3, 0.4) is 0 Å². The zero-order valence-electron chi connectivity index (χ0n) is 10.2. The zero-order chi connectivity index (χ0) is 13.0. The van der Waals surface area contributed by atoms with Gasteiger partial charge in [-0.05, 0) is 18.9 Å². The maximum atomic E-state index is 12.0. The molecule has 0 aromatic carbocycles. The number of nitrogens with one attached hydrogen (secondary N) is 1. The van der Waals surface area contributed by atoms with Crippen LogP contribution in [-0.2, 0) is 6.42 Å².